The molecule has 0 aromatic heterocycles. The molecule has 90 valence electrons. The van der Waals surface area contributed by atoms with E-state index in [1.54, 1.807) is 13.8 Å². The SMILES string of the molecule is CC(C)S(=O)(=O)CCN1CCC(Br)CC1. The summed E-state index contributed by atoms with van der Waals surface area (Å²) in [5, 5.41) is -0.244. The Bertz CT molecular complexity index is 282. The summed E-state index contributed by atoms with van der Waals surface area (Å²) in [5.41, 5.74) is 0. The summed E-state index contributed by atoms with van der Waals surface area (Å²) in [6.45, 7) is 6.23. The monoisotopic (exact) mass is 297 g/mol. The van der Waals surface area contributed by atoms with Crippen molar-refractivity contribution in [2.45, 2.75) is 36.8 Å². The molecule has 1 rings (SSSR count). The first-order valence-electron chi connectivity index (χ1n) is 5.50. The summed E-state index contributed by atoms with van der Waals surface area (Å²) >= 11 is 3.58. The molecule has 0 aromatic carbocycles. The molecule has 0 aliphatic carbocycles. The van der Waals surface area contributed by atoms with Crippen LogP contribution in [0, 0.1) is 0 Å². The van der Waals surface area contributed by atoms with Crippen LogP contribution in [0.5, 0.6) is 0 Å². The van der Waals surface area contributed by atoms with Gasteiger partial charge >= 0.3 is 0 Å². The van der Waals surface area contributed by atoms with Gasteiger partial charge in [0, 0.05) is 11.4 Å². The maximum atomic E-state index is 11.6. The maximum Gasteiger partial charge on any atom is 0.153 e. The van der Waals surface area contributed by atoms with E-state index in [2.05, 4.69) is 20.8 Å². The lowest BCUT2D eigenvalue weighted by molar-refractivity contribution is 0.246. The summed E-state index contributed by atoms with van der Waals surface area (Å²) in [7, 11) is -2.86. The number of likely N-dealkylation sites (tertiary alicyclic amines) is 1. The molecule has 3 nitrogen and oxygen atoms in total. The predicted molar refractivity (Wildman–Crippen MR) is 67.3 cm³/mol. The van der Waals surface area contributed by atoms with Gasteiger partial charge in [-0.2, -0.15) is 0 Å². The molecule has 0 atom stereocenters. The topological polar surface area (TPSA) is 37.4 Å². The molecule has 0 aromatic rings. The molecule has 5 heteroatoms. The van der Waals surface area contributed by atoms with Gasteiger partial charge in [0.15, 0.2) is 9.84 Å². The van der Waals surface area contributed by atoms with E-state index in [-0.39, 0.29) is 5.25 Å². The van der Waals surface area contributed by atoms with Crippen molar-refractivity contribution < 1.29 is 8.42 Å². The van der Waals surface area contributed by atoms with Crippen molar-refractivity contribution in [1.82, 2.24) is 4.90 Å². The van der Waals surface area contributed by atoms with Gasteiger partial charge in [0.1, 0.15) is 0 Å². The number of nitrogens with zero attached hydrogens (tertiary/aromatic N) is 1. The van der Waals surface area contributed by atoms with Crippen molar-refractivity contribution in [2.24, 2.45) is 0 Å². The zero-order valence-electron chi connectivity index (χ0n) is 9.45. The summed E-state index contributed by atoms with van der Waals surface area (Å²) in [6, 6.07) is 0. The molecule has 0 N–H and O–H groups in total. The van der Waals surface area contributed by atoms with Gasteiger partial charge in [-0.25, -0.2) is 8.42 Å². The van der Waals surface area contributed by atoms with E-state index in [9.17, 15) is 8.42 Å². The Balaban J connectivity index is 2.32. The largest absolute Gasteiger partial charge is 0.302 e. The first-order chi connectivity index (χ1) is 6.92. The summed E-state index contributed by atoms with van der Waals surface area (Å²) in [5.74, 6) is 0.303. The second kappa shape index (κ2) is 5.64. The second-order valence-corrected chi connectivity index (χ2v) is 8.40. The second-order valence-electron chi connectivity index (χ2n) is 4.43. The van der Waals surface area contributed by atoms with Gasteiger partial charge in [-0.1, -0.05) is 15.9 Å². The van der Waals surface area contributed by atoms with Crippen LogP contribution in [0.1, 0.15) is 26.7 Å². The lowest BCUT2D eigenvalue weighted by atomic mass is 10.1. The molecular formula is C10H20BrNO2S. The van der Waals surface area contributed by atoms with Crippen molar-refractivity contribution in [1.29, 1.82) is 0 Å². The Morgan fingerprint density at radius 1 is 1.33 bits per heavy atom. The van der Waals surface area contributed by atoms with Crippen LogP contribution in [0.15, 0.2) is 0 Å². The average molecular weight is 298 g/mol. The molecule has 0 bridgehead atoms. The van der Waals surface area contributed by atoms with Gasteiger partial charge < -0.3 is 4.90 Å². The van der Waals surface area contributed by atoms with Crippen LogP contribution >= 0.6 is 15.9 Å². The molecule has 15 heavy (non-hydrogen) atoms. The van der Waals surface area contributed by atoms with E-state index in [0.29, 0.717) is 17.1 Å². The fourth-order valence-electron chi connectivity index (χ4n) is 1.62. The number of alkyl halides is 1. The van der Waals surface area contributed by atoms with E-state index in [1.807, 2.05) is 0 Å². The van der Waals surface area contributed by atoms with Crippen LogP contribution in [0.25, 0.3) is 0 Å². The van der Waals surface area contributed by atoms with E-state index >= 15 is 0 Å². The highest BCUT2D eigenvalue weighted by Crippen LogP contribution is 2.17. The molecule has 1 aliphatic heterocycles. The Morgan fingerprint density at radius 3 is 2.33 bits per heavy atom. The molecule has 1 saturated heterocycles. The Kier molecular flexibility index (Phi) is 5.06. The van der Waals surface area contributed by atoms with E-state index in [1.165, 1.54) is 0 Å². The molecule has 1 aliphatic rings. The van der Waals surface area contributed by atoms with Crippen LogP contribution in [0.3, 0.4) is 0 Å². The molecule has 0 amide bonds. The number of piperidine rings is 1. The first-order valence-corrected chi connectivity index (χ1v) is 8.13. The van der Waals surface area contributed by atoms with Crippen molar-refractivity contribution in [2.75, 3.05) is 25.4 Å². The Labute approximate surface area is 101 Å². The minimum Gasteiger partial charge on any atom is -0.302 e. The number of halogens is 1. The normalized spacial score (nSPS) is 21.1. The van der Waals surface area contributed by atoms with Gasteiger partial charge in [0.25, 0.3) is 0 Å². The van der Waals surface area contributed by atoms with Crippen molar-refractivity contribution in [3.8, 4) is 0 Å². The zero-order valence-corrected chi connectivity index (χ0v) is 11.8. The van der Waals surface area contributed by atoms with E-state index in [4.69, 9.17) is 0 Å². The average Bonchev–Trinajstić information content (AvgIpc) is 2.17. The minimum absolute atomic E-state index is 0.244. The molecular weight excluding hydrogens is 278 g/mol. The fraction of sp³-hybridized carbons (Fsp3) is 1.00. The summed E-state index contributed by atoms with van der Waals surface area (Å²) in [6.07, 6.45) is 2.25. The maximum absolute atomic E-state index is 11.6. The molecule has 0 saturated carbocycles. The first kappa shape index (κ1) is 13.5. The number of rotatable bonds is 4. The molecule has 0 spiro atoms. The minimum atomic E-state index is -2.86. The summed E-state index contributed by atoms with van der Waals surface area (Å²) < 4.78 is 23.2. The van der Waals surface area contributed by atoms with Crippen LogP contribution < -0.4 is 0 Å². The third-order valence-corrected chi connectivity index (χ3v) is 6.03. The zero-order chi connectivity index (χ0) is 11.5. The van der Waals surface area contributed by atoms with Crippen molar-refractivity contribution in [3.63, 3.8) is 0 Å². The lowest BCUT2D eigenvalue weighted by Gasteiger charge is -2.29. The van der Waals surface area contributed by atoms with E-state index in [0.717, 1.165) is 25.9 Å². The quantitative estimate of drug-likeness (QED) is 0.741. The molecule has 1 heterocycles. The smallest absolute Gasteiger partial charge is 0.153 e. The van der Waals surface area contributed by atoms with Gasteiger partial charge in [0.05, 0.1) is 11.0 Å². The van der Waals surface area contributed by atoms with Crippen molar-refractivity contribution >= 4 is 25.8 Å². The standard InChI is InChI=1S/C10H20BrNO2S/c1-9(2)15(13,14)8-7-12-5-3-10(11)4-6-12/h9-10H,3-8H2,1-2H3. The Hall–Kier alpha value is 0.390. The highest BCUT2D eigenvalue weighted by molar-refractivity contribution is 9.09. The summed E-state index contributed by atoms with van der Waals surface area (Å²) in [4.78, 5) is 2.87. The van der Waals surface area contributed by atoms with Gasteiger partial charge in [-0.3, -0.25) is 0 Å². The highest BCUT2D eigenvalue weighted by atomic mass is 79.9. The third kappa shape index (κ3) is 4.41. The van der Waals surface area contributed by atoms with Gasteiger partial charge in [-0.15, -0.1) is 0 Å². The van der Waals surface area contributed by atoms with Crippen LogP contribution in [-0.2, 0) is 9.84 Å². The number of hydrogen-bond donors (Lipinski definition) is 0. The van der Waals surface area contributed by atoms with Gasteiger partial charge in [0.2, 0.25) is 0 Å². The predicted octanol–water partition coefficient (Wildman–Crippen LogP) is 1.67. The van der Waals surface area contributed by atoms with Crippen molar-refractivity contribution in [3.05, 3.63) is 0 Å². The molecule has 0 radical (unpaired) electrons. The Morgan fingerprint density at radius 2 is 1.87 bits per heavy atom. The molecule has 1 fully saturated rings. The van der Waals surface area contributed by atoms with Crippen LogP contribution in [-0.4, -0.2) is 48.8 Å². The van der Waals surface area contributed by atoms with Crippen LogP contribution in [0.2, 0.25) is 0 Å². The fourth-order valence-corrected chi connectivity index (χ4v) is 3.01. The number of hydrogen-bond acceptors (Lipinski definition) is 3. The highest BCUT2D eigenvalue weighted by Gasteiger charge is 2.20. The number of sulfone groups is 1. The van der Waals surface area contributed by atoms with Gasteiger partial charge in [-0.05, 0) is 39.8 Å². The molecule has 0 unspecified atom stereocenters. The third-order valence-electron chi connectivity index (χ3n) is 2.93. The van der Waals surface area contributed by atoms with E-state index < -0.39 is 9.84 Å². The lowest BCUT2D eigenvalue weighted by Crippen LogP contribution is -2.38. The van der Waals surface area contributed by atoms with Crippen LogP contribution in [0.4, 0.5) is 0 Å².